The SMILES string of the molecule is O=C(Cn1cnc2ccccc21)NN=C1CCSCC1. The number of imidazole rings is 1. The lowest BCUT2D eigenvalue weighted by atomic mass is 10.2. The van der Waals surface area contributed by atoms with Crippen LogP contribution in [0.1, 0.15) is 12.8 Å². The summed E-state index contributed by atoms with van der Waals surface area (Å²) in [5.41, 5.74) is 5.60. The maximum Gasteiger partial charge on any atom is 0.260 e. The van der Waals surface area contributed by atoms with Gasteiger partial charge in [0.15, 0.2) is 0 Å². The minimum atomic E-state index is -0.112. The average molecular weight is 288 g/mol. The molecule has 5 nitrogen and oxygen atoms in total. The molecule has 1 amide bonds. The molecule has 1 saturated heterocycles. The van der Waals surface area contributed by atoms with Gasteiger partial charge < -0.3 is 4.57 Å². The molecular formula is C14H16N4OS. The number of nitrogens with one attached hydrogen (secondary N) is 1. The van der Waals surface area contributed by atoms with E-state index in [1.165, 1.54) is 0 Å². The standard InChI is InChI=1S/C14H16N4OS/c19-14(17-16-11-5-7-20-8-6-11)9-18-10-15-12-3-1-2-4-13(12)18/h1-4,10H,5-9H2,(H,17,19). The maximum atomic E-state index is 11.9. The van der Waals surface area contributed by atoms with E-state index in [4.69, 9.17) is 0 Å². The van der Waals surface area contributed by atoms with Crippen molar-refractivity contribution >= 4 is 34.4 Å². The Morgan fingerprint density at radius 1 is 1.35 bits per heavy atom. The topological polar surface area (TPSA) is 59.3 Å². The molecule has 1 aliphatic heterocycles. The van der Waals surface area contributed by atoms with Gasteiger partial charge in [0.05, 0.1) is 17.4 Å². The Kier molecular flexibility index (Phi) is 4.01. The highest BCUT2D eigenvalue weighted by Gasteiger charge is 2.09. The van der Waals surface area contributed by atoms with E-state index in [1.54, 1.807) is 6.33 Å². The Labute approximate surface area is 121 Å². The summed E-state index contributed by atoms with van der Waals surface area (Å²) < 4.78 is 1.83. The number of benzene rings is 1. The molecule has 1 fully saturated rings. The van der Waals surface area contributed by atoms with Crippen LogP contribution in [-0.4, -0.2) is 32.7 Å². The molecule has 1 aromatic heterocycles. The lowest BCUT2D eigenvalue weighted by molar-refractivity contribution is -0.121. The second-order valence-corrected chi connectivity index (χ2v) is 5.91. The van der Waals surface area contributed by atoms with E-state index in [1.807, 2.05) is 40.6 Å². The van der Waals surface area contributed by atoms with E-state index in [-0.39, 0.29) is 12.5 Å². The summed E-state index contributed by atoms with van der Waals surface area (Å²) in [6, 6.07) is 7.77. The summed E-state index contributed by atoms with van der Waals surface area (Å²) in [5, 5.41) is 4.21. The van der Waals surface area contributed by atoms with Crippen LogP contribution in [0.25, 0.3) is 11.0 Å². The van der Waals surface area contributed by atoms with Gasteiger partial charge in [-0.15, -0.1) is 0 Å². The molecule has 3 rings (SSSR count). The highest BCUT2D eigenvalue weighted by molar-refractivity contribution is 7.99. The van der Waals surface area contributed by atoms with Crippen LogP contribution in [0, 0.1) is 0 Å². The molecule has 1 N–H and O–H groups in total. The van der Waals surface area contributed by atoms with Crippen LogP contribution in [0.15, 0.2) is 35.7 Å². The van der Waals surface area contributed by atoms with Gasteiger partial charge in [-0.05, 0) is 36.5 Å². The van der Waals surface area contributed by atoms with Gasteiger partial charge in [0.2, 0.25) is 0 Å². The third-order valence-corrected chi connectivity index (χ3v) is 4.24. The first kappa shape index (κ1) is 13.2. The van der Waals surface area contributed by atoms with Crippen LogP contribution >= 0.6 is 11.8 Å². The fourth-order valence-electron chi connectivity index (χ4n) is 2.19. The first-order chi connectivity index (χ1) is 9.83. The molecule has 6 heteroatoms. The summed E-state index contributed by atoms with van der Waals surface area (Å²) in [6.45, 7) is 0.242. The van der Waals surface area contributed by atoms with Gasteiger partial charge in [-0.2, -0.15) is 16.9 Å². The third-order valence-electron chi connectivity index (χ3n) is 3.25. The van der Waals surface area contributed by atoms with E-state index in [0.29, 0.717) is 0 Å². The fourth-order valence-corrected chi connectivity index (χ4v) is 3.15. The van der Waals surface area contributed by atoms with Crippen LogP contribution in [0.4, 0.5) is 0 Å². The number of aromatic nitrogens is 2. The quantitative estimate of drug-likeness (QED) is 0.879. The molecule has 2 aromatic rings. The van der Waals surface area contributed by atoms with E-state index < -0.39 is 0 Å². The third kappa shape index (κ3) is 3.01. The largest absolute Gasteiger partial charge is 0.321 e. The zero-order valence-electron chi connectivity index (χ0n) is 11.1. The van der Waals surface area contributed by atoms with Crippen LogP contribution in [0.5, 0.6) is 0 Å². The molecule has 1 aromatic carbocycles. The van der Waals surface area contributed by atoms with Crippen LogP contribution in [-0.2, 0) is 11.3 Å². The second-order valence-electron chi connectivity index (χ2n) is 4.69. The predicted octanol–water partition coefficient (Wildman–Crippen LogP) is 2.04. The molecule has 0 atom stereocenters. The van der Waals surface area contributed by atoms with Crippen molar-refractivity contribution in [3.8, 4) is 0 Å². The zero-order chi connectivity index (χ0) is 13.8. The van der Waals surface area contributed by atoms with Crippen LogP contribution in [0.2, 0.25) is 0 Å². The Bertz CT molecular complexity index is 641. The number of thioether (sulfide) groups is 1. The molecular weight excluding hydrogens is 272 g/mol. The molecule has 0 spiro atoms. The van der Waals surface area contributed by atoms with E-state index in [2.05, 4.69) is 15.5 Å². The van der Waals surface area contributed by atoms with Gasteiger partial charge in [-0.1, -0.05) is 12.1 Å². The molecule has 20 heavy (non-hydrogen) atoms. The number of amides is 1. The van der Waals surface area contributed by atoms with E-state index in [9.17, 15) is 4.79 Å². The number of hydrogen-bond donors (Lipinski definition) is 1. The van der Waals surface area contributed by atoms with Crippen molar-refractivity contribution in [1.29, 1.82) is 0 Å². The smallest absolute Gasteiger partial charge is 0.260 e. The number of carbonyl (C=O) groups is 1. The summed E-state index contributed by atoms with van der Waals surface area (Å²) in [7, 11) is 0. The van der Waals surface area contributed by atoms with Crippen LogP contribution in [0.3, 0.4) is 0 Å². The molecule has 0 unspecified atom stereocenters. The zero-order valence-corrected chi connectivity index (χ0v) is 11.9. The van der Waals surface area contributed by atoms with Crippen molar-refractivity contribution in [1.82, 2.24) is 15.0 Å². The number of para-hydroxylation sites is 2. The molecule has 104 valence electrons. The van der Waals surface area contributed by atoms with Crippen molar-refractivity contribution in [3.05, 3.63) is 30.6 Å². The molecule has 0 bridgehead atoms. The minimum Gasteiger partial charge on any atom is -0.321 e. The maximum absolute atomic E-state index is 11.9. The molecule has 0 radical (unpaired) electrons. The lowest BCUT2D eigenvalue weighted by Crippen LogP contribution is -2.25. The van der Waals surface area contributed by atoms with Gasteiger partial charge in [0.25, 0.3) is 5.91 Å². The Morgan fingerprint density at radius 2 is 2.15 bits per heavy atom. The van der Waals surface area contributed by atoms with Crippen molar-refractivity contribution in [2.24, 2.45) is 5.10 Å². The van der Waals surface area contributed by atoms with Crippen molar-refractivity contribution in [3.63, 3.8) is 0 Å². The summed E-state index contributed by atoms with van der Waals surface area (Å²) in [5.74, 6) is 2.08. The Balaban J connectivity index is 1.64. The molecule has 2 heterocycles. The van der Waals surface area contributed by atoms with Crippen LogP contribution < -0.4 is 5.43 Å². The number of hydrogen-bond acceptors (Lipinski definition) is 4. The second kappa shape index (κ2) is 6.09. The average Bonchev–Trinajstić information content (AvgIpc) is 2.90. The Morgan fingerprint density at radius 3 is 3.00 bits per heavy atom. The number of nitrogens with zero attached hydrogens (tertiary/aromatic N) is 3. The summed E-state index contributed by atoms with van der Waals surface area (Å²) >= 11 is 1.93. The normalized spacial score (nSPS) is 15.3. The van der Waals surface area contributed by atoms with Gasteiger partial charge in [-0.3, -0.25) is 4.79 Å². The number of rotatable bonds is 3. The summed E-state index contributed by atoms with van der Waals surface area (Å²) in [6.07, 6.45) is 3.63. The van der Waals surface area contributed by atoms with Gasteiger partial charge in [-0.25, -0.2) is 10.4 Å². The van der Waals surface area contributed by atoms with Gasteiger partial charge in [0, 0.05) is 5.71 Å². The molecule has 0 aliphatic carbocycles. The molecule has 0 saturated carbocycles. The minimum absolute atomic E-state index is 0.112. The highest BCUT2D eigenvalue weighted by atomic mass is 32.2. The lowest BCUT2D eigenvalue weighted by Gasteiger charge is -2.12. The molecule has 1 aliphatic rings. The Hall–Kier alpha value is -1.82. The number of fused-ring (bicyclic) bond motifs is 1. The summed E-state index contributed by atoms with van der Waals surface area (Å²) in [4.78, 5) is 16.2. The van der Waals surface area contributed by atoms with Crippen molar-refractivity contribution in [2.75, 3.05) is 11.5 Å². The van der Waals surface area contributed by atoms with Gasteiger partial charge >= 0.3 is 0 Å². The van der Waals surface area contributed by atoms with Gasteiger partial charge in [0.1, 0.15) is 6.54 Å². The predicted molar refractivity (Wildman–Crippen MR) is 81.9 cm³/mol. The highest BCUT2D eigenvalue weighted by Crippen LogP contribution is 2.14. The van der Waals surface area contributed by atoms with E-state index in [0.717, 1.165) is 41.1 Å². The van der Waals surface area contributed by atoms with Crippen molar-refractivity contribution < 1.29 is 4.79 Å². The fraction of sp³-hybridized carbons (Fsp3) is 0.357. The first-order valence-electron chi connectivity index (χ1n) is 6.65. The van der Waals surface area contributed by atoms with Crippen molar-refractivity contribution in [2.45, 2.75) is 19.4 Å². The van der Waals surface area contributed by atoms with E-state index >= 15 is 0 Å². The number of carbonyl (C=O) groups excluding carboxylic acids is 1. The monoisotopic (exact) mass is 288 g/mol. The first-order valence-corrected chi connectivity index (χ1v) is 7.80. The number of hydrazone groups is 1.